The Hall–Kier alpha value is 0.980. The van der Waals surface area contributed by atoms with E-state index in [-0.39, 0.29) is 0 Å². The molecule has 1 atom stereocenters. The number of para-hydroxylation sites is 1. The van der Waals surface area contributed by atoms with E-state index in [4.69, 9.17) is 9.42 Å². The summed E-state index contributed by atoms with van der Waals surface area (Å²) in [4.78, 5) is 9.04. The summed E-state index contributed by atoms with van der Waals surface area (Å²) in [6, 6.07) is 8.88. The minimum absolute atomic E-state index is 0.549. The van der Waals surface area contributed by atoms with Crippen molar-refractivity contribution in [2.24, 2.45) is 0 Å². The van der Waals surface area contributed by atoms with Crippen LogP contribution in [0, 0.1) is 0 Å². The van der Waals surface area contributed by atoms with Gasteiger partial charge in [0, 0.05) is 0 Å². The van der Waals surface area contributed by atoms with Crippen LogP contribution in [-0.4, -0.2) is 32.8 Å². The molecule has 0 heterocycles. The molecule has 0 aliphatic rings. The van der Waals surface area contributed by atoms with Gasteiger partial charge in [0.25, 0.3) is 5.69 Å². The van der Waals surface area contributed by atoms with Crippen molar-refractivity contribution in [2.45, 2.75) is 17.0 Å². The van der Waals surface area contributed by atoms with Gasteiger partial charge in [0.05, 0.1) is 0 Å². The number of rotatable bonds is 3. The Kier molecular flexibility index (Phi) is 9.65. The van der Waals surface area contributed by atoms with Crippen molar-refractivity contribution in [3.8, 4) is 5.75 Å². The average molecular weight is 272 g/mol. The quantitative estimate of drug-likeness (QED) is 0.503. The third kappa shape index (κ3) is 11.2. The van der Waals surface area contributed by atoms with Crippen LogP contribution in [0.15, 0.2) is 30.3 Å². The summed E-state index contributed by atoms with van der Waals surface area (Å²) in [5, 5.41) is 0. The summed E-state index contributed by atoms with van der Waals surface area (Å²) in [7, 11) is 0. The van der Waals surface area contributed by atoms with Crippen LogP contribution in [0.25, 0.3) is 0 Å². The summed E-state index contributed by atoms with van der Waals surface area (Å²) < 4.78 is 6.41. The second-order valence-corrected chi connectivity index (χ2v) is 8.98. The van der Waals surface area contributed by atoms with Crippen molar-refractivity contribution in [3.05, 3.63) is 30.3 Å². The standard InChI is InChI=1S/C6H7O2PS2.C3H7.Na/c7-9(10,11)8-6-4-2-1-3-5-6;1-3-2;/h1-5H,(H2,7,10,11);1,3H2,2H3;. The van der Waals surface area contributed by atoms with Crippen LogP contribution in [0.2, 0.25) is 3.67 Å². The first-order valence-corrected chi connectivity index (χ1v) is 10.0. The van der Waals surface area contributed by atoms with Crippen LogP contribution in [0.4, 0.5) is 0 Å². The van der Waals surface area contributed by atoms with Gasteiger partial charge in [0.15, 0.2) is 0 Å². The van der Waals surface area contributed by atoms with Gasteiger partial charge in [-0.05, 0) is 23.9 Å². The molecule has 0 aromatic heterocycles. The van der Waals surface area contributed by atoms with Crippen molar-refractivity contribution in [1.82, 2.24) is 0 Å². The van der Waals surface area contributed by atoms with E-state index in [2.05, 4.69) is 31.0 Å². The summed E-state index contributed by atoms with van der Waals surface area (Å²) in [5.74, 6) is 0.549. The first-order valence-electron chi connectivity index (χ1n) is 4.79. The maximum absolute atomic E-state index is 9.04. The Bertz CT molecular complexity index is 300. The van der Waals surface area contributed by atoms with E-state index in [1.165, 1.54) is 38.0 Å². The first kappa shape index (κ1) is 16.0. The van der Waals surface area contributed by atoms with E-state index in [0.717, 1.165) is 0 Å². The molecule has 0 fully saturated rings. The Labute approximate surface area is 119 Å². The number of hydrogen-bond donors (Lipinski definition) is 2. The van der Waals surface area contributed by atoms with Crippen molar-refractivity contribution >= 4 is 57.7 Å². The third-order valence-electron chi connectivity index (χ3n) is 1.47. The molecule has 80 valence electrons. The van der Waals surface area contributed by atoms with E-state index in [9.17, 15) is 0 Å². The predicted molar refractivity (Wildman–Crippen MR) is 73.4 cm³/mol. The van der Waals surface area contributed by atoms with Crippen molar-refractivity contribution in [2.75, 3.05) is 0 Å². The van der Waals surface area contributed by atoms with Crippen molar-refractivity contribution in [1.29, 1.82) is 0 Å². The molecular formula is C9H14NaO2PS2. The van der Waals surface area contributed by atoms with Gasteiger partial charge in [0.2, 0.25) is 0 Å². The molecule has 0 radical (unpaired) electrons. The van der Waals surface area contributed by atoms with Gasteiger partial charge >= 0.3 is 44.9 Å². The fourth-order valence-corrected chi connectivity index (χ4v) is 1.56. The fourth-order valence-electron chi connectivity index (χ4n) is 0.619. The molecule has 1 unspecified atom stereocenters. The molecule has 1 aromatic carbocycles. The minimum Gasteiger partial charge on any atom is -0.436 e. The molecule has 2 nitrogen and oxygen atoms in total. The molecule has 1 N–H and O–H groups in total. The van der Waals surface area contributed by atoms with Crippen LogP contribution in [0.5, 0.6) is 5.75 Å². The van der Waals surface area contributed by atoms with Gasteiger partial charge in [-0.1, -0.05) is 30.4 Å². The zero-order valence-electron chi connectivity index (χ0n) is 8.96. The normalized spacial score (nSPS) is 13.4. The zero-order valence-corrected chi connectivity index (χ0v) is 13.6. The van der Waals surface area contributed by atoms with Crippen LogP contribution in [-0.2, 0) is 11.8 Å². The fraction of sp³-hybridized carbons (Fsp3) is 0.333. The SMILES string of the molecule is CC[CH2][Na].OP(=S)(S)Oc1ccccc1. The summed E-state index contributed by atoms with van der Waals surface area (Å²) in [5.41, 5.74) is -2.86. The predicted octanol–water partition coefficient (Wildman–Crippen LogP) is 3.20. The molecule has 15 heavy (non-hydrogen) atoms. The zero-order chi connectivity index (χ0) is 11.7. The van der Waals surface area contributed by atoms with E-state index in [1.807, 2.05) is 6.07 Å². The molecule has 6 heteroatoms. The van der Waals surface area contributed by atoms with Crippen LogP contribution in [0.1, 0.15) is 13.3 Å². The number of hydrogen-bond acceptors (Lipinski definition) is 2. The Balaban J connectivity index is 0.000000423. The monoisotopic (exact) mass is 272 g/mol. The van der Waals surface area contributed by atoms with E-state index in [0.29, 0.717) is 5.75 Å². The summed E-state index contributed by atoms with van der Waals surface area (Å²) in [6.45, 7) is 2.22. The van der Waals surface area contributed by atoms with Gasteiger partial charge in [-0.3, -0.25) is 0 Å². The van der Waals surface area contributed by atoms with Crippen molar-refractivity contribution < 1.29 is 9.42 Å². The van der Waals surface area contributed by atoms with Crippen molar-refractivity contribution in [3.63, 3.8) is 0 Å². The van der Waals surface area contributed by atoms with Crippen LogP contribution < -0.4 is 4.52 Å². The summed E-state index contributed by atoms with van der Waals surface area (Å²) in [6.07, 6.45) is 1.38. The molecule has 0 spiro atoms. The molecule has 1 aromatic rings. The second-order valence-electron chi connectivity index (χ2n) is 2.89. The minimum atomic E-state index is -2.86. The van der Waals surface area contributed by atoms with E-state index < -0.39 is 5.69 Å². The molecule has 0 saturated carbocycles. The van der Waals surface area contributed by atoms with Crippen LogP contribution in [0.3, 0.4) is 0 Å². The van der Waals surface area contributed by atoms with Gasteiger partial charge < -0.3 is 9.42 Å². The number of thiol groups is 1. The first-order chi connectivity index (χ1) is 6.99. The molecular weight excluding hydrogens is 258 g/mol. The van der Waals surface area contributed by atoms with Gasteiger partial charge in [-0.15, -0.1) is 0 Å². The third-order valence-corrected chi connectivity index (χ3v) is 3.38. The average Bonchev–Trinajstić information content (AvgIpc) is 2.17. The molecule has 0 aliphatic carbocycles. The smallest absolute Gasteiger partial charge is 0.291 e. The Morgan fingerprint density at radius 3 is 2.27 bits per heavy atom. The largest absolute Gasteiger partial charge is 0.436 e. The number of benzene rings is 1. The molecule has 0 aliphatic heterocycles. The molecule has 0 saturated heterocycles. The van der Waals surface area contributed by atoms with Gasteiger partial charge in [-0.2, -0.15) is 0 Å². The Morgan fingerprint density at radius 2 is 1.93 bits per heavy atom. The topological polar surface area (TPSA) is 29.5 Å². The molecule has 1 rings (SSSR count). The molecule has 0 amide bonds. The van der Waals surface area contributed by atoms with E-state index >= 15 is 0 Å². The van der Waals surface area contributed by atoms with E-state index in [1.54, 1.807) is 24.3 Å². The summed E-state index contributed by atoms with van der Waals surface area (Å²) >= 11 is 9.69. The second kappa shape index (κ2) is 9.06. The Morgan fingerprint density at radius 1 is 1.47 bits per heavy atom. The maximum atomic E-state index is 9.04. The van der Waals surface area contributed by atoms with Gasteiger partial charge in [-0.25, -0.2) is 0 Å². The maximum Gasteiger partial charge on any atom is 0.291 e. The van der Waals surface area contributed by atoms with Gasteiger partial charge in [0.1, 0.15) is 5.75 Å². The molecule has 0 bridgehead atoms. The van der Waals surface area contributed by atoms with Crippen LogP contribution >= 0.6 is 17.9 Å².